The van der Waals surface area contributed by atoms with E-state index in [-0.39, 0.29) is 24.3 Å². The van der Waals surface area contributed by atoms with Crippen molar-refractivity contribution in [1.29, 1.82) is 0 Å². The highest BCUT2D eigenvalue weighted by Gasteiger charge is 2.36. The molecule has 0 aromatic heterocycles. The Labute approximate surface area is 195 Å². The molecule has 4 rings (SSSR count). The highest BCUT2D eigenvalue weighted by Crippen LogP contribution is 2.39. The molecule has 6 nitrogen and oxygen atoms in total. The minimum atomic E-state index is -0.382. The van der Waals surface area contributed by atoms with Crippen LogP contribution in [-0.4, -0.2) is 55.4 Å². The third-order valence-corrected chi connectivity index (χ3v) is 6.73. The summed E-state index contributed by atoms with van der Waals surface area (Å²) < 4.78 is 25.5. The Morgan fingerprint density at radius 2 is 1.88 bits per heavy atom. The number of ether oxygens (including phenoxy) is 2. The molecule has 1 fully saturated rings. The van der Waals surface area contributed by atoms with Crippen molar-refractivity contribution in [2.24, 2.45) is 5.10 Å². The van der Waals surface area contributed by atoms with Crippen molar-refractivity contribution in [1.82, 2.24) is 9.91 Å². The van der Waals surface area contributed by atoms with Crippen molar-refractivity contribution in [2.45, 2.75) is 50.6 Å². The number of hydrogen-bond donors (Lipinski definition) is 0. The highest BCUT2D eigenvalue weighted by atomic mass is 19.1. The monoisotopic (exact) mass is 453 g/mol. The van der Waals surface area contributed by atoms with E-state index in [0.717, 1.165) is 18.4 Å². The summed E-state index contributed by atoms with van der Waals surface area (Å²) in [5.41, 5.74) is 1.80. The number of likely N-dealkylation sites (N-methyl/N-ethyl adjacent to an activating group) is 1. The molecule has 2 aliphatic rings. The van der Waals surface area contributed by atoms with E-state index in [0.29, 0.717) is 35.2 Å². The van der Waals surface area contributed by atoms with Crippen LogP contribution in [0.25, 0.3) is 0 Å². The van der Waals surface area contributed by atoms with Crippen molar-refractivity contribution >= 4 is 11.6 Å². The molecule has 7 heteroatoms. The fourth-order valence-corrected chi connectivity index (χ4v) is 4.87. The van der Waals surface area contributed by atoms with Gasteiger partial charge in [-0.15, -0.1) is 0 Å². The molecule has 0 saturated heterocycles. The van der Waals surface area contributed by atoms with Gasteiger partial charge in [-0.05, 0) is 38.1 Å². The molecule has 1 atom stereocenters. The molecular weight excluding hydrogens is 421 g/mol. The Morgan fingerprint density at radius 1 is 1.12 bits per heavy atom. The van der Waals surface area contributed by atoms with E-state index in [1.807, 2.05) is 19.2 Å². The van der Waals surface area contributed by atoms with Gasteiger partial charge in [-0.25, -0.2) is 9.40 Å². The van der Waals surface area contributed by atoms with E-state index in [1.54, 1.807) is 38.5 Å². The van der Waals surface area contributed by atoms with E-state index in [4.69, 9.17) is 9.47 Å². The summed E-state index contributed by atoms with van der Waals surface area (Å²) in [5, 5.41) is 6.16. The molecule has 2 aromatic rings. The average Bonchev–Trinajstić information content (AvgIpc) is 3.29. The summed E-state index contributed by atoms with van der Waals surface area (Å²) in [6, 6.07) is 12.1. The largest absolute Gasteiger partial charge is 0.497 e. The molecule has 1 unspecified atom stereocenters. The van der Waals surface area contributed by atoms with Gasteiger partial charge in [-0.3, -0.25) is 9.69 Å². The van der Waals surface area contributed by atoms with Crippen LogP contribution in [0.5, 0.6) is 11.5 Å². The van der Waals surface area contributed by atoms with Gasteiger partial charge in [0.15, 0.2) is 0 Å². The number of amides is 1. The van der Waals surface area contributed by atoms with Crippen LogP contribution >= 0.6 is 0 Å². The minimum Gasteiger partial charge on any atom is -0.497 e. The van der Waals surface area contributed by atoms with E-state index in [1.165, 1.54) is 30.3 Å². The predicted octanol–water partition coefficient (Wildman–Crippen LogP) is 4.79. The topological polar surface area (TPSA) is 54.4 Å². The maximum atomic E-state index is 14.6. The Bertz CT molecular complexity index is 1020. The van der Waals surface area contributed by atoms with Crippen LogP contribution in [0, 0.1) is 5.82 Å². The average molecular weight is 454 g/mol. The Morgan fingerprint density at radius 3 is 2.58 bits per heavy atom. The van der Waals surface area contributed by atoms with E-state index in [9.17, 15) is 9.18 Å². The normalized spacial score (nSPS) is 19.0. The van der Waals surface area contributed by atoms with Gasteiger partial charge in [-0.2, -0.15) is 5.10 Å². The van der Waals surface area contributed by atoms with Crippen molar-refractivity contribution in [3.05, 3.63) is 59.4 Å². The van der Waals surface area contributed by atoms with Crippen molar-refractivity contribution in [3.63, 3.8) is 0 Å². The second-order valence-electron chi connectivity index (χ2n) is 8.80. The highest BCUT2D eigenvalue weighted by molar-refractivity contribution is 6.03. The lowest BCUT2D eigenvalue weighted by Gasteiger charge is -2.32. The number of carbonyl (C=O) groups is 1. The zero-order valence-corrected chi connectivity index (χ0v) is 19.6. The smallest absolute Gasteiger partial charge is 0.257 e. The molecule has 1 aliphatic heterocycles. The quantitative estimate of drug-likeness (QED) is 0.605. The zero-order chi connectivity index (χ0) is 23.4. The molecule has 0 bridgehead atoms. The number of hydrazone groups is 1. The maximum Gasteiger partial charge on any atom is 0.257 e. The van der Waals surface area contributed by atoms with Crippen molar-refractivity contribution in [2.75, 3.05) is 27.8 Å². The van der Waals surface area contributed by atoms with Gasteiger partial charge in [0.2, 0.25) is 0 Å². The fraction of sp³-hybridized carbons (Fsp3) is 0.462. The minimum absolute atomic E-state index is 0.0997. The molecule has 1 heterocycles. The zero-order valence-electron chi connectivity index (χ0n) is 19.6. The standard InChI is InChI=1S/C26H32FN3O3/c1-29(18-9-5-4-6-10-18)17-26(31)30-24(21-14-13-19(32-2)15-25(21)33-3)16-23(28-30)20-11-7-8-12-22(20)27/h7-8,11-15,18,24H,4-6,9-10,16-17H2,1-3H3. The lowest BCUT2D eigenvalue weighted by molar-refractivity contribution is -0.134. The van der Waals surface area contributed by atoms with Gasteiger partial charge < -0.3 is 9.47 Å². The number of benzene rings is 2. The van der Waals surface area contributed by atoms with E-state index < -0.39 is 0 Å². The predicted molar refractivity (Wildman–Crippen MR) is 126 cm³/mol. The molecule has 0 radical (unpaired) electrons. The lowest BCUT2D eigenvalue weighted by atomic mass is 9.94. The first-order chi connectivity index (χ1) is 16.0. The van der Waals surface area contributed by atoms with Crippen LogP contribution in [0.15, 0.2) is 47.6 Å². The van der Waals surface area contributed by atoms with Gasteiger partial charge in [-0.1, -0.05) is 37.5 Å². The number of hydrogen-bond acceptors (Lipinski definition) is 5. The molecule has 0 spiro atoms. The number of nitrogens with zero attached hydrogens (tertiary/aromatic N) is 3. The summed E-state index contributed by atoms with van der Waals surface area (Å²) in [6.45, 7) is 0.272. The summed E-state index contributed by atoms with van der Waals surface area (Å²) in [6.07, 6.45) is 6.30. The number of rotatable bonds is 7. The number of carbonyl (C=O) groups excluding carboxylic acids is 1. The first kappa shape index (κ1) is 23.2. The third-order valence-electron chi connectivity index (χ3n) is 6.73. The van der Waals surface area contributed by atoms with E-state index >= 15 is 0 Å². The summed E-state index contributed by atoms with van der Waals surface area (Å²) in [4.78, 5) is 15.6. The van der Waals surface area contributed by atoms with Gasteiger partial charge in [0.05, 0.1) is 32.5 Å². The van der Waals surface area contributed by atoms with Crippen LogP contribution in [0.4, 0.5) is 4.39 Å². The molecule has 176 valence electrons. The van der Waals surface area contributed by atoms with Gasteiger partial charge >= 0.3 is 0 Å². The van der Waals surface area contributed by atoms with Crippen LogP contribution in [0.2, 0.25) is 0 Å². The second-order valence-corrected chi connectivity index (χ2v) is 8.80. The molecule has 2 aromatic carbocycles. The van der Waals surface area contributed by atoms with Crippen LogP contribution < -0.4 is 9.47 Å². The molecule has 1 amide bonds. The second kappa shape index (κ2) is 10.3. The summed E-state index contributed by atoms with van der Waals surface area (Å²) >= 11 is 0. The van der Waals surface area contributed by atoms with Crippen molar-refractivity contribution in [3.8, 4) is 11.5 Å². The first-order valence-electron chi connectivity index (χ1n) is 11.6. The maximum absolute atomic E-state index is 14.6. The van der Waals surface area contributed by atoms with Gasteiger partial charge in [0, 0.05) is 29.7 Å². The molecule has 1 aliphatic carbocycles. The number of halogens is 1. The molecule has 1 saturated carbocycles. The summed E-state index contributed by atoms with van der Waals surface area (Å²) in [5.74, 6) is 0.837. The van der Waals surface area contributed by atoms with Crippen molar-refractivity contribution < 1.29 is 18.7 Å². The SMILES string of the molecule is COc1ccc(C2CC(c3ccccc3F)=NN2C(=O)CN(C)C2CCCCC2)c(OC)c1. The molecule has 0 N–H and O–H groups in total. The number of methoxy groups -OCH3 is 2. The Balaban J connectivity index is 1.64. The van der Waals surface area contributed by atoms with Crippen LogP contribution in [0.1, 0.15) is 55.7 Å². The first-order valence-corrected chi connectivity index (χ1v) is 11.6. The Hall–Kier alpha value is -2.93. The van der Waals surface area contributed by atoms with Gasteiger partial charge in [0.1, 0.15) is 17.3 Å². The fourth-order valence-electron chi connectivity index (χ4n) is 4.87. The van der Waals surface area contributed by atoms with Crippen LogP contribution in [-0.2, 0) is 4.79 Å². The summed E-state index contributed by atoms with van der Waals surface area (Å²) in [7, 11) is 5.20. The lowest BCUT2D eigenvalue weighted by Crippen LogP contribution is -2.42. The third kappa shape index (κ3) is 5.03. The Kier molecular flexibility index (Phi) is 7.28. The van der Waals surface area contributed by atoms with Crippen LogP contribution in [0.3, 0.4) is 0 Å². The molecular formula is C26H32FN3O3. The van der Waals surface area contributed by atoms with Gasteiger partial charge in [0.25, 0.3) is 5.91 Å². The van der Waals surface area contributed by atoms with E-state index in [2.05, 4.69) is 10.0 Å². The molecule has 33 heavy (non-hydrogen) atoms.